The molecule has 0 rings (SSSR count). The zero-order chi connectivity index (χ0) is 36.8. The van der Waals surface area contributed by atoms with Crippen molar-refractivity contribution in [2.24, 2.45) is 0 Å². The Morgan fingerprint density at radius 2 is 0.820 bits per heavy atom. The fourth-order valence-corrected chi connectivity index (χ4v) is 6.63. The van der Waals surface area contributed by atoms with Crippen LogP contribution in [0, 0.1) is 0 Å². The molecule has 296 valence electrons. The molecule has 1 amide bonds. The van der Waals surface area contributed by atoms with E-state index in [1.807, 2.05) is 0 Å². The first kappa shape index (κ1) is 48.8. The number of carbonyl (C=O) groups excluding carboxylic acids is 1. The Bertz CT molecular complexity index is 757. The maximum Gasteiger partial charge on any atom is 0.249 e. The minimum atomic E-state index is -1.28. The van der Waals surface area contributed by atoms with Crippen molar-refractivity contribution >= 4 is 5.91 Å². The van der Waals surface area contributed by atoms with Gasteiger partial charge >= 0.3 is 0 Å². The number of carbonyl (C=O) groups is 1. The van der Waals surface area contributed by atoms with Gasteiger partial charge < -0.3 is 25.7 Å². The van der Waals surface area contributed by atoms with Gasteiger partial charge in [0.05, 0.1) is 18.8 Å². The monoisotopic (exact) mass is 708 g/mol. The van der Waals surface area contributed by atoms with E-state index in [4.69, 9.17) is 0 Å². The van der Waals surface area contributed by atoms with Gasteiger partial charge in [0.25, 0.3) is 0 Å². The maximum atomic E-state index is 12.5. The van der Waals surface area contributed by atoms with Crippen molar-refractivity contribution in [2.45, 2.75) is 244 Å². The van der Waals surface area contributed by atoms with Gasteiger partial charge in [-0.25, -0.2) is 0 Å². The van der Waals surface area contributed by atoms with Crippen LogP contribution < -0.4 is 5.32 Å². The second-order valence-corrected chi connectivity index (χ2v) is 15.0. The van der Waals surface area contributed by atoms with E-state index in [2.05, 4.69) is 43.5 Å². The first-order valence-electron chi connectivity index (χ1n) is 21.7. The molecule has 0 bridgehead atoms. The Balaban J connectivity index is 3.79. The number of unbranched alkanes of at least 4 members (excludes halogenated alkanes) is 26. The molecule has 4 atom stereocenters. The van der Waals surface area contributed by atoms with Gasteiger partial charge in [0, 0.05) is 0 Å². The van der Waals surface area contributed by atoms with E-state index < -0.39 is 36.9 Å². The van der Waals surface area contributed by atoms with Gasteiger partial charge in [0.15, 0.2) is 0 Å². The van der Waals surface area contributed by atoms with Crippen molar-refractivity contribution in [2.75, 3.05) is 6.61 Å². The van der Waals surface area contributed by atoms with Crippen molar-refractivity contribution < 1.29 is 25.2 Å². The summed E-state index contributed by atoms with van der Waals surface area (Å²) in [5.74, 6) is -0.602. The second kappa shape index (κ2) is 39.0. The largest absolute Gasteiger partial charge is 0.394 e. The molecule has 0 spiro atoms. The third-order valence-corrected chi connectivity index (χ3v) is 10.1. The molecule has 0 radical (unpaired) electrons. The van der Waals surface area contributed by atoms with E-state index in [1.54, 1.807) is 0 Å². The van der Waals surface area contributed by atoms with Crippen LogP contribution >= 0.6 is 0 Å². The number of aliphatic hydroxyl groups is 4. The van der Waals surface area contributed by atoms with Crippen molar-refractivity contribution in [3.63, 3.8) is 0 Å². The Labute approximate surface area is 310 Å². The summed E-state index contributed by atoms with van der Waals surface area (Å²) in [7, 11) is 0. The molecule has 0 heterocycles. The predicted molar refractivity (Wildman–Crippen MR) is 214 cm³/mol. The number of allylic oxidation sites excluding steroid dienone is 4. The van der Waals surface area contributed by atoms with E-state index in [0.29, 0.717) is 12.8 Å². The molecule has 0 aromatic heterocycles. The highest BCUT2D eigenvalue weighted by molar-refractivity contribution is 5.80. The van der Waals surface area contributed by atoms with Gasteiger partial charge in [-0.1, -0.05) is 179 Å². The Kier molecular flexibility index (Phi) is 38.1. The standard InChI is InChI=1S/C44H85NO5/c1-3-5-7-9-11-13-15-17-19-20-21-22-24-25-27-29-31-33-35-37-41(47)43(49)40(39-46)45-44(50)42(48)38-36-34-32-30-28-26-23-18-16-14-12-10-8-6-4-2/h23,26,29,31,40-43,46-49H,3-22,24-25,27-28,30,32-39H2,1-2H3,(H,45,50)/b26-23-,31-29+. The van der Waals surface area contributed by atoms with E-state index in [1.165, 1.54) is 141 Å². The first-order chi connectivity index (χ1) is 24.5. The lowest BCUT2D eigenvalue weighted by Crippen LogP contribution is -2.53. The van der Waals surface area contributed by atoms with Gasteiger partial charge in [0.2, 0.25) is 5.91 Å². The summed E-state index contributed by atoms with van der Waals surface area (Å²) >= 11 is 0. The quantitative estimate of drug-likeness (QED) is 0.0323. The number of rotatable bonds is 39. The van der Waals surface area contributed by atoms with Gasteiger partial charge in [-0.05, 0) is 64.2 Å². The van der Waals surface area contributed by atoms with Crippen molar-refractivity contribution in [1.29, 1.82) is 0 Å². The van der Waals surface area contributed by atoms with Crippen LogP contribution in [0.4, 0.5) is 0 Å². The number of amides is 1. The highest BCUT2D eigenvalue weighted by atomic mass is 16.3. The zero-order valence-corrected chi connectivity index (χ0v) is 33.2. The molecule has 0 fully saturated rings. The van der Waals surface area contributed by atoms with Gasteiger partial charge in [-0.3, -0.25) is 4.79 Å². The minimum absolute atomic E-state index is 0.350. The molecule has 0 aliphatic rings. The third-order valence-electron chi connectivity index (χ3n) is 10.1. The van der Waals surface area contributed by atoms with Crippen molar-refractivity contribution in [3.05, 3.63) is 24.3 Å². The lowest BCUT2D eigenvalue weighted by molar-refractivity contribution is -0.132. The van der Waals surface area contributed by atoms with E-state index >= 15 is 0 Å². The molecule has 0 saturated carbocycles. The molecule has 0 aliphatic carbocycles. The zero-order valence-electron chi connectivity index (χ0n) is 33.2. The predicted octanol–water partition coefficient (Wildman–Crippen LogP) is 11.2. The molecular formula is C44H85NO5. The number of hydrogen-bond acceptors (Lipinski definition) is 5. The van der Waals surface area contributed by atoms with Crippen molar-refractivity contribution in [3.8, 4) is 0 Å². The molecule has 6 heteroatoms. The van der Waals surface area contributed by atoms with Crippen LogP contribution in [0.5, 0.6) is 0 Å². The van der Waals surface area contributed by atoms with E-state index in [-0.39, 0.29) is 0 Å². The number of hydrogen-bond donors (Lipinski definition) is 5. The molecule has 6 nitrogen and oxygen atoms in total. The number of aliphatic hydroxyl groups excluding tert-OH is 4. The second-order valence-electron chi connectivity index (χ2n) is 15.0. The van der Waals surface area contributed by atoms with E-state index in [9.17, 15) is 25.2 Å². The van der Waals surface area contributed by atoms with Crippen LogP contribution in [0.1, 0.15) is 219 Å². The highest BCUT2D eigenvalue weighted by Crippen LogP contribution is 2.15. The molecule has 0 aromatic rings. The fourth-order valence-electron chi connectivity index (χ4n) is 6.63. The molecule has 0 aliphatic heterocycles. The molecule has 50 heavy (non-hydrogen) atoms. The van der Waals surface area contributed by atoms with Gasteiger partial charge in [-0.2, -0.15) is 0 Å². The summed E-state index contributed by atoms with van der Waals surface area (Å²) in [4.78, 5) is 12.5. The van der Waals surface area contributed by atoms with Gasteiger partial charge in [-0.15, -0.1) is 0 Å². The average Bonchev–Trinajstić information content (AvgIpc) is 3.12. The van der Waals surface area contributed by atoms with Crippen molar-refractivity contribution in [1.82, 2.24) is 5.32 Å². The summed E-state index contributed by atoms with van der Waals surface area (Å²) in [6.45, 7) is 4.03. The highest BCUT2D eigenvalue weighted by Gasteiger charge is 2.28. The summed E-state index contributed by atoms with van der Waals surface area (Å²) in [5, 5.41) is 43.6. The Hall–Kier alpha value is -1.21. The summed E-state index contributed by atoms with van der Waals surface area (Å²) in [6.07, 6.45) is 43.5. The Morgan fingerprint density at radius 3 is 1.20 bits per heavy atom. The van der Waals surface area contributed by atoms with Crippen LogP contribution in [-0.4, -0.2) is 57.3 Å². The van der Waals surface area contributed by atoms with Gasteiger partial charge in [0.1, 0.15) is 12.2 Å². The summed E-state index contributed by atoms with van der Waals surface area (Å²) in [5.41, 5.74) is 0. The van der Waals surface area contributed by atoms with Crippen LogP contribution in [0.15, 0.2) is 24.3 Å². The van der Waals surface area contributed by atoms with Crippen LogP contribution in [0.25, 0.3) is 0 Å². The third kappa shape index (κ3) is 32.7. The lowest BCUT2D eigenvalue weighted by Gasteiger charge is -2.27. The first-order valence-corrected chi connectivity index (χ1v) is 21.7. The molecule has 0 saturated heterocycles. The van der Waals surface area contributed by atoms with E-state index in [0.717, 1.165) is 51.4 Å². The minimum Gasteiger partial charge on any atom is -0.394 e. The van der Waals surface area contributed by atoms with Crippen LogP contribution in [-0.2, 0) is 4.79 Å². The SMILES string of the molecule is CCCCCCCCC/C=C\CCCCCCC(O)C(=O)NC(CO)C(O)C(O)CCC/C=C/CCCCCCCCCCCCCCCC. The lowest BCUT2D eigenvalue weighted by atomic mass is 10.00. The molecule has 4 unspecified atom stereocenters. The maximum absolute atomic E-state index is 12.5. The average molecular weight is 708 g/mol. The smallest absolute Gasteiger partial charge is 0.249 e. The fraction of sp³-hybridized carbons (Fsp3) is 0.886. The van der Waals surface area contributed by atoms with Crippen LogP contribution in [0.2, 0.25) is 0 Å². The van der Waals surface area contributed by atoms with Crippen LogP contribution in [0.3, 0.4) is 0 Å². The Morgan fingerprint density at radius 1 is 0.480 bits per heavy atom. The topological polar surface area (TPSA) is 110 Å². The summed E-state index contributed by atoms with van der Waals surface area (Å²) in [6, 6.07) is -1.00. The number of nitrogens with one attached hydrogen (secondary N) is 1. The normalized spacial score (nSPS) is 14.4. The molecular weight excluding hydrogens is 622 g/mol. The molecule has 5 N–H and O–H groups in total. The molecule has 0 aromatic carbocycles. The summed E-state index contributed by atoms with van der Waals surface area (Å²) < 4.78 is 0.